The lowest BCUT2D eigenvalue weighted by atomic mass is 10.2. The van der Waals surface area contributed by atoms with E-state index in [1.807, 2.05) is 0 Å². The molecule has 0 fully saturated rings. The summed E-state index contributed by atoms with van der Waals surface area (Å²) in [5, 5.41) is 2.91. The number of benzene rings is 2. The largest absolute Gasteiger partial charge is 0.497 e. The van der Waals surface area contributed by atoms with E-state index in [1.54, 1.807) is 18.2 Å². The minimum atomic E-state index is -4.73. The molecule has 1 N–H and O–H groups in total. The molecule has 4 rings (SSSR count). The molecule has 0 bridgehead atoms. The molecule has 0 saturated carbocycles. The molecule has 0 radical (unpaired) electrons. The average Bonchev–Trinajstić information content (AvgIpc) is 3.13. The molecule has 11 heteroatoms. The summed E-state index contributed by atoms with van der Waals surface area (Å²) in [7, 11) is 1.41. The number of carbonyl (C=O) groups is 1. The zero-order valence-corrected chi connectivity index (χ0v) is 16.6. The van der Waals surface area contributed by atoms with Crippen LogP contribution in [0, 0.1) is 0 Å². The van der Waals surface area contributed by atoms with Gasteiger partial charge in [-0.25, -0.2) is 15.0 Å². The Morgan fingerprint density at radius 2 is 1.94 bits per heavy atom. The predicted octanol–water partition coefficient (Wildman–Crippen LogP) is 4.75. The first-order chi connectivity index (χ1) is 14.8. The molecule has 2 aromatic heterocycles. The van der Waals surface area contributed by atoms with Gasteiger partial charge in [-0.2, -0.15) is 13.2 Å². The highest BCUT2D eigenvalue weighted by Gasteiger charge is 2.38. The molecule has 7 nitrogen and oxygen atoms in total. The van der Waals surface area contributed by atoms with Gasteiger partial charge in [0.1, 0.15) is 5.75 Å². The summed E-state index contributed by atoms with van der Waals surface area (Å²) in [6.45, 7) is 0. The van der Waals surface area contributed by atoms with E-state index in [4.69, 9.17) is 16.3 Å². The highest BCUT2D eigenvalue weighted by molar-refractivity contribution is 6.31. The van der Waals surface area contributed by atoms with Gasteiger partial charge in [-0.1, -0.05) is 17.7 Å². The van der Waals surface area contributed by atoms with Gasteiger partial charge in [-0.15, -0.1) is 0 Å². The van der Waals surface area contributed by atoms with Crippen molar-refractivity contribution in [2.45, 2.75) is 6.18 Å². The maximum atomic E-state index is 13.6. The second-order valence-corrected chi connectivity index (χ2v) is 6.78. The van der Waals surface area contributed by atoms with Crippen molar-refractivity contribution in [2.24, 2.45) is 0 Å². The number of halogens is 4. The zero-order chi connectivity index (χ0) is 22.2. The fraction of sp³-hybridized carbons (Fsp3) is 0.100. The molecular weight excluding hydrogens is 435 g/mol. The Morgan fingerprint density at radius 1 is 1.13 bits per heavy atom. The summed E-state index contributed by atoms with van der Waals surface area (Å²) < 4.78 is 46.7. The zero-order valence-electron chi connectivity index (χ0n) is 15.8. The van der Waals surface area contributed by atoms with Gasteiger partial charge in [0.05, 0.1) is 30.5 Å². The van der Waals surface area contributed by atoms with Crippen LogP contribution < -0.4 is 10.1 Å². The molecule has 0 aliphatic rings. The molecule has 158 valence electrons. The highest BCUT2D eigenvalue weighted by atomic mass is 35.5. The minimum Gasteiger partial charge on any atom is -0.497 e. The first-order valence-electron chi connectivity index (χ1n) is 8.79. The Hall–Kier alpha value is -3.66. The van der Waals surface area contributed by atoms with E-state index >= 15 is 0 Å². The van der Waals surface area contributed by atoms with E-state index in [-0.39, 0.29) is 22.7 Å². The third-order valence-corrected chi connectivity index (χ3v) is 4.55. The van der Waals surface area contributed by atoms with Crippen LogP contribution in [-0.2, 0) is 6.18 Å². The Morgan fingerprint density at radius 3 is 2.58 bits per heavy atom. The lowest BCUT2D eigenvalue weighted by Gasteiger charge is -2.11. The average molecular weight is 448 g/mol. The van der Waals surface area contributed by atoms with Crippen LogP contribution in [0.2, 0.25) is 5.02 Å². The summed E-state index contributed by atoms with van der Waals surface area (Å²) >= 11 is 5.87. The van der Waals surface area contributed by atoms with Crippen LogP contribution in [0.3, 0.4) is 0 Å². The van der Waals surface area contributed by atoms with Crippen LogP contribution in [0.1, 0.15) is 16.2 Å². The lowest BCUT2D eigenvalue weighted by Crippen LogP contribution is -2.16. The Kier molecular flexibility index (Phi) is 5.24. The maximum Gasteiger partial charge on any atom is 0.450 e. The first-order valence-corrected chi connectivity index (χ1v) is 9.17. The molecular formula is C20H13ClF3N5O2. The number of hydrogen-bond donors (Lipinski definition) is 1. The van der Waals surface area contributed by atoms with Crippen molar-refractivity contribution in [1.82, 2.24) is 19.5 Å². The van der Waals surface area contributed by atoms with Gasteiger partial charge in [0.25, 0.3) is 5.91 Å². The fourth-order valence-corrected chi connectivity index (χ4v) is 3.12. The molecule has 0 spiro atoms. The number of anilines is 1. The molecule has 0 unspecified atom stereocenters. The third kappa shape index (κ3) is 4.15. The molecule has 0 saturated heterocycles. The van der Waals surface area contributed by atoms with Gasteiger partial charge in [0.2, 0.25) is 5.82 Å². The summed E-state index contributed by atoms with van der Waals surface area (Å²) in [6.07, 6.45) is -2.45. The van der Waals surface area contributed by atoms with Crippen molar-refractivity contribution in [3.05, 3.63) is 71.3 Å². The maximum absolute atomic E-state index is 13.6. The number of imidazole rings is 1. The van der Waals surface area contributed by atoms with Crippen molar-refractivity contribution in [3.8, 4) is 11.6 Å². The number of methoxy groups -OCH3 is 1. The molecule has 0 aliphatic carbocycles. The second-order valence-electron chi connectivity index (χ2n) is 6.35. The van der Waals surface area contributed by atoms with Gasteiger partial charge >= 0.3 is 6.18 Å². The number of nitrogens with one attached hydrogen (secondary N) is 1. The molecule has 2 aromatic carbocycles. The standard InChI is InChI=1S/C20H13ClF3N5O2/c1-31-13-5-6-15-14(8-13)27-19(20(22,23)24)29(15)17-10-25-16(9-26-17)28-18(30)11-3-2-4-12(21)7-11/h2-10H,1H3,(H,25,28,30). The molecule has 31 heavy (non-hydrogen) atoms. The molecule has 0 aliphatic heterocycles. The number of aromatic nitrogens is 4. The molecule has 1 amide bonds. The van der Waals surface area contributed by atoms with Gasteiger partial charge in [0.15, 0.2) is 11.6 Å². The highest BCUT2D eigenvalue weighted by Crippen LogP contribution is 2.34. The first kappa shape index (κ1) is 20.6. The number of amides is 1. The number of carbonyl (C=O) groups excluding carboxylic acids is 1. The van der Waals surface area contributed by atoms with Crippen molar-refractivity contribution < 1.29 is 22.7 Å². The van der Waals surface area contributed by atoms with Crippen LogP contribution in [-0.4, -0.2) is 32.5 Å². The van der Waals surface area contributed by atoms with Crippen LogP contribution in [0.15, 0.2) is 54.9 Å². The number of hydrogen-bond acceptors (Lipinski definition) is 5. The SMILES string of the molecule is COc1ccc2c(c1)nc(C(F)(F)F)n2-c1cnc(NC(=O)c2cccc(Cl)c2)cn1. The molecule has 2 heterocycles. The van der Waals surface area contributed by atoms with Gasteiger partial charge in [-0.3, -0.25) is 9.36 Å². The Balaban J connectivity index is 1.69. The quantitative estimate of drug-likeness (QED) is 0.488. The monoisotopic (exact) mass is 447 g/mol. The normalized spacial score (nSPS) is 11.5. The Labute approximate surface area is 178 Å². The van der Waals surface area contributed by atoms with Crippen LogP contribution in [0.25, 0.3) is 16.9 Å². The molecule has 0 atom stereocenters. The van der Waals surface area contributed by atoms with E-state index < -0.39 is 17.9 Å². The summed E-state index contributed by atoms with van der Waals surface area (Å²) in [6, 6.07) is 10.6. The summed E-state index contributed by atoms with van der Waals surface area (Å²) in [5.74, 6) is -1.31. The van der Waals surface area contributed by atoms with Crippen LogP contribution >= 0.6 is 11.6 Å². The van der Waals surface area contributed by atoms with Crippen LogP contribution in [0.4, 0.5) is 19.0 Å². The smallest absolute Gasteiger partial charge is 0.450 e. The summed E-state index contributed by atoms with van der Waals surface area (Å²) in [5.41, 5.74) is 0.567. The van der Waals surface area contributed by atoms with Crippen LogP contribution in [0.5, 0.6) is 5.75 Å². The van der Waals surface area contributed by atoms with E-state index in [1.165, 1.54) is 31.4 Å². The van der Waals surface area contributed by atoms with E-state index in [0.717, 1.165) is 17.0 Å². The predicted molar refractivity (Wildman–Crippen MR) is 108 cm³/mol. The van der Waals surface area contributed by atoms with Gasteiger partial charge < -0.3 is 10.1 Å². The van der Waals surface area contributed by atoms with Gasteiger partial charge in [-0.05, 0) is 30.3 Å². The minimum absolute atomic E-state index is 0.0633. The number of nitrogens with zero attached hydrogens (tertiary/aromatic N) is 4. The van der Waals surface area contributed by atoms with E-state index in [0.29, 0.717) is 16.3 Å². The fourth-order valence-electron chi connectivity index (χ4n) is 2.93. The third-order valence-electron chi connectivity index (χ3n) is 4.31. The van der Waals surface area contributed by atoms with Crippen molar-refractivity contribution in [1.29, 1.82) is 0 Å². The second kappa shape index (κ2) is 7.88. The number of alkyl halides is 3. The lowest BCUT2D eigenvalue weighted by molar-refractivity contribution is -0.145. The van der Waals surface area contributed by atoms with Gasteiger partial charge in [0, 0.05) is 16.7 Å². The Bertz CT molecular complexity index is 1270. The topological polar surface area (TPSA) is 81.9 Å². The number of rotatable bonds is 4. The van der Waals surface area contributed by atoms with Crippen molar-refractivity contribution in [3.63, 3.8) is 0 Å². The van der Waals surface area contributed by atoms with E-state index in [2.05, 4.69) is 20.3 Å². The van der Waals surface area contributed by atoms with Crippen molar-refractivity contribution in [2.75, 3.05) is 12.4 Å². The number of fused-ring (bicyclic) bond motifs is 1. The number of ether oxygens (including phenoxy) is 1. The molecule has 4 aromatic rings. The van der Waals surface area contributed by atoms with E-state index in [9.17, 15) is 18.0 Å². The van der Waals surface area contributed by atoms with Crippen molar-refractivity contribution >= 4 is 34.4 Å². The summed E-state index contributed by atoms with van der Waals surface area (Å²) in [4.78, 5) is 24.0.